The van der Waals surface area contributed by atoms with Crippen molar-refractivity contribution in [1.29, 1.82) is 0 Å². The van der Waals surface area contributed by atoms with Gasteiger partial charge in [0.25, 0.3) is 0 Å². The molecule has 0 saturated carbocycles. The van der Waals surface area contributed by atoms with E-state index in [2.05, 4.69) is 10.5 Å². The van der Waals surface area contributed by atoms with Gasteiger partial charge in [0.2, 0.25) is 0 Å². The molecule has 0 atom stereocenters. The van der Waals surface area contributed by atoms with E-state index in [9.17, 15) is 13.2 Å². The van der Waals surface area contributed by atoms with Crippen molar-refractivity contribution in [3.8, 4) is 0 Å². The van der Waals surface area contributed by atoms with Gasteiger partial charge in [-0.05, 0) is 48.5 Å². The Morgan fingerprint density at radius 3 is 1.84 bits per heavy atom. The predicted molar refractivity (Wildman–Crippen MR) is 126 cm³/mol. The van der Waals surface area contributed by atoms with Gasteiger partial charge in [0.1, 0.15) is 0 Å². The van der Waals surface area contributed by atoms with Crippen molar-refractivity contribution in [3.05, 3.63) is 84.9 Å². The van der Waals surface area contributed by atoms with E-state index in [-0.39, 0.29) is 21.8 Å². The summed E-state index contributed by atoms with van der Waals surface area (Å²) in [5, 5.41) is 4.39. The highest BCUT2D eigenvalue weighted by atomic mass is 32.2. The van der Waals surface area contributed by atoms with Gasteiger partial charge in [-0.25, -0.2) is 23.0 Å². The van der Waals surface area contributed by atoms with Gasteiger partial charge in [-0.2, -0.15) is 5.10 Å². The molecule has 0 radical (unpaired) electrons. The van der Waals surface area contributed by atoms with E-state index in [0.717, 1.165) is 6.26 Å². The molecule has 1 saturated heterocycles. The highest BCUT2D eigenvalue weighted by Crippen LogP contribution is 2.28. The zero-order valence-electron chi connectivity index (χ0n) is 16.5. The summed E-state index contributed by atoms with van der Waals surface area (Å²) in [6.45, 7) is 0. The number of hydrogen-bond donors (Lipinski definition) is 1. The number of hydrogen-bond acceptors (Lipinski definition) is 6. The summed E-state index contributed by atoms with van der Waals surface area (Å²) in [4.78, 5) is 16.6. The number of rotatable bonds is 5. The van der Waals surface area contributed by atoms with E-state index >= 15 is 0 Å². The summed E-state index contributed by atoms with van der Waals surface area (Å²) in [7, 11) is -3.29. The lowest BCUT2D eigenvalue weighted by atomic mass is 10.3. The summed E-state index contributed by atoms with van der Waals surface area (Å²) >= 11 is 5.60. The summed E-state index contributed by atoms with van der Waals surface area (Å²) in [6.07, 6.45) is 1.15. The maximum absolute atomic E-state index is 13.3. The van der Waals surface area contributed by atoms with Crippen molar-refractivity contribution in [1.82, 2.24) is 0 Å². The Morgan fingerprint density at radius 2 is 1.32 bits per heavy atom. The first-order valence-corrected chi connectivity index (χ1v) is 11.6. The second-order valence-electron chi connectivity index (χ2n) is 6.77. The number of nitrogens with one attached hydrogen (secondary N) is 1. The van der Waals surface area contributed by atoms with Gasteiger partial charge in [0, 0.05) is 6.26 Å². The lowest BCUT2D eigenvalue weighted by molar-refractivity contribution is 0.257. The van der Waals surface area contributed by atoms with Crippen molar-refractivity contribution in [3.63, 3.8) is 0 Å². The lowest BCUT2D eigenvalue weighted by Gasteiger charge is -2.17. The molecule has 1 fully saturated rings. The van der Waals surface area contributed by atoms with Crippen LogP contribution in [0.1, 0.15) is 0 Å². The third kappa shape index (κ3) is 4.18. The van der Waals surface area contributed by atoms with Crippen LogP contribution in [0.5, 0.6) is 0 Å². The quantitative estimate of drug-likeness (QED) is 0.463. The van der Waals surface area contributed by atoms with Crippen LogP contribution in [0, 0.1) is 0 Å². The normalized spacial score (nSPS) is 15.6. The highest BCUT2D eigenvalue weighted by Gasteiger charge is 2.41. The van der Waals surface area contributed by atoms with Crippen LogP contribution in [0.4, 0.5) is 21.9 Å². The molecule has 7 nitrogen and oxygen atoms in total. The molecule has 156 valence electrons. The topological polar surface area (TPSA) is 82.1 Å². The van der Waals surface area contributed by atoms with Gasteiger partial charge in [-0.1, -0.05) is 48.6 Å². The maximum Gasteiger partial charge on any atom is 0.340 e. The summed E-state index contributed by atoms with van der Waals surface area (Å²) in [5.74, 6) is 0.266. The zero-order valence-corrected chi connectivity index (χ0v) is 18.1. The molecule has 3 aromatic rings. The Hall–Kier alpha value is -3.56. The second-order valence-corrected chi connectivity index (χ2v) is 9.18. The van der Waals surface area contributed by atoms with Gasteiger partial charge in [-0.3, -0.25) is 5.43 Å². The molecular weight excluding hydrogens is 432 g/mol. The Balaban J connectivity index is 1.71. The molecule has 0 aromatic heterocycles. The fourth-order valence-electron chi connectivity index (χ4n) is 3.08. The number of carbonyl (C=O) groups excluding carboxylic acids is 1. The molecular formula is C22H18N4O3S2. The number of urea groups is 1. The third-order valence-electron chi connectivity index (χ3n) is 4.59. The number of hydrazone groups is 1. The Bertz CT molecular complexity index is 1260. The molecule has 9 heteroatoms. The molecule has 1 aliphatic heterocycles. The Morgan fingerprint density at radius 1 is 0.806 bits per heavy atom. The molecule has 4 rings (SSSR count). The number of nitrogens with zero attached hydrogens (tertiary/aromatic N) is 3. The van der Waals surface area contributed by atoms with Crippen LogP contribution in [0.3, 0.4) is 0 Å². The number of carbonyl (C=O) groups is 1. The predicted octanol–water partition coefficient (Wildman–Crippen LogP) is 4.29. The van der Waals surface area contributed by atoms with E-state index in [1.807, 2.05) is 36.4 Å². The number of amidine groups is 1. The molecule has 31 heavy (non-hydrogen) atoms. The fourth-order valence-corrected chi connectivity index (χ4v) is 4.03. The van der Waals surface area contributed by atoms with Crippen molar-refractivity contribution < 1.29 is 13.2 Å². The molecule has 0 unspecified atom stereocenters. The zero-order chi connectivity index (χ0) is 22.0. The van der Waals surface area contributed by atoms with Crippen LogP contribution in [-0.4, -0.2) is 31.5 Å². The van der Waals surface area contributed by atoms with Crippen molar-refractivity contribution in [2.45, 2.75) is 4.90 Å². The largest absolute Gasteiger partial charge is 0.340 e. The Kier molecular flexibility index (Phi) is 5.53. The molecule has 2 amide bonds. The smallest absolute Gasteiger partial charge is 0.276 e. The van der Waals surface area contributed by atoms with Gasteiger partial charge in [-0.15, -0.1) is 0 Å². The first kappa shape index (κ1) is 20.7. The number of amides is 2. The van der Waals surface area contributed by atoms with Gasteiger partial charge < -0.3 is 0 Å². The number of sulfone groups is 1. The van der Waals surface area contributed by atoms with Gasteiger partial charge in [0.05, 0.1) is 22.0 Å². The molecule has 1 aliphatic rings. The van der Waals surface area contributed by atoms with Crippen molar-refractivity contribution in [2.24, 2.45) is 5.10 Å². The maximum atomic E-state index is 13.3. The standard InChI is InChI=1S/C22H18N4O3S2/c1-31(28,29)19-14-12-16(13-15-19)23-24-20-21(30)26(18-10-6-3-7-11-18)22(27)25(20)17-8-4-2-5-9-17/h2-15,23H,1H3. The average molecular weight is 451 g/mol. The fraction of sp³-hybridized carbons (Fsp3) is 0.0455. The van der Waals surface area contributed by atoms with Crippen LogP contribution < -0.4 is 15.2 Å². The Labute approximate surface area is 185 Å². The van der Waals surface area contributed by atoms with Crippen LogP contribution in [0.25, 0.3) is 0 Å². The summed E-state index contributed by atoms with van der Waals surface area (Å²) in [6, 6.07) is 24.1. The van der Waals surface area contributed by atoms with E-state index in [1.54, 1.807) is 36.4 Å². The SMILES string of the molecule is CS(=O)(=O)c1ccc(NN=C2C(=S)N(c3ccccc3)C(=O)N2c2ccccc2)cc1. The van der Waals surface area contributed by atoms with Crippen molar-refractivity contribution >= 4 is 56.0 Å². The van der Waals surface area contributed by atoms with E-state index in [4.69, 9.17) is 12.2 Å². The average Bonchev–Trinajstić information content (AvgIpc) is 3.02. The molecule has 0 aliphatic carbocycles. The minimum Gasteiger partial charge on any atom is -0.276 e. The minimum atomic E-state index is -3.29. The van der Waals surface area contributed by atoms with Crippen LogP contribution in [-0.2, 0) is 9.84 Å². The highest BCUT2D eigenvalue weighted by molar-refractivity contribution is 7.90. The monoisotopic (exact) mass is 450 g/mol. The first-order valence-electron chi connectivity index (χ1n) is 9.29. The van der Waals surface area contributed by atoms with Crippen molar-refractivity contribution in [2.75, 3.05) is 21.5 Å². The number of benzene rings is 3. The third-order valence-corrected chi connectivity index (χ3v) is 6.08. The summed E-state index contributed by atoms with van der Waals surface area (Å²) in [5.41, 5.74) is 4.70. The minimum absolute atomic E-state index is 0.207. The molecule has 1 N–H and O–H groups in total. The molecule has 0 bridgehead atoms. The van der Waals surface area contributed by atoms with E-state index in [1.165, 1.54) is 21.9 Å². The molecule has 3 aromatic carbocycles. The van der Waals surface area contributed by atoms with E-state index < -0.39 is 9.84 Å². The van der Waals surface area contributed by atoms with E-state index in [0.29, 0.717) is 17.1 Å². The number of para-hydroxylation sites is 2. The molecule has 0 spiro atoms. The second kappa shape index (κ2) is 8.29. The number of thiocarbonyl (C=S) groups is 1. The van der Waals surface area contributed by atoms with Crippen LogP contribution >= 0.6 is 12.2 Å². The molecule has 1 heterocycles. The van der Waals surface area contributed by atoms with Gasteiger partial charge in [0.15, 0.2) is 20.7 Å². The van der Waals surface area contributed by atoms with Crippen LogP contribution in [0.15, 0.2) is 94.9 Å². The van der Waals surface area contributed by atoms with Gasteiger partial charge >= 0.3 is 6.03 Å². The number of anilines is 3. The lowest BCUT2D eigenvalue weighted by Crippen LogP contribution is -2.33. The van der Waals surface area contributed by atoms with Crippen LogP contribution in [0.2, 0.25) is 0 Å². The summed E-state index contributed by atoms with van der Waals surface area (Å²) < 4.78 is 23.3. The first-order chi connectivity index (χ1) is 14.9.